The fourth-order valence-corrected chi connectivity index (χ4v) is 3.32. The minimum absolute atomic E-state index is 0.00458. The van der Waals surface area contributed by atoms with E-state index in [0.29, 0.717) is 22.1 Å². The highest BCUT2D eigenvalue weighted by molar-refractivity contribution is 9.10. The van der Waals surface area contributed by atoms with Crippen molar-refractivity contribution >= 4 is 21.8 Å². The van der Waals surface area contributed by atoms with Gasteiger partial charge in [0.15, 0.2) is 0 Å². The number of halogens is 2. The molecule has 0 aliphatic carbocycles. The maximum absolute atomic E-state index is 13.2. The first-order valence-electron chi connectivity index (χ1n) is 6.64. The second-order valence-corrected chi connectivity index (χ2v) is 6.16. The molecule has 0 aromatic heterocycles. The van der Waals surface area contributed by atoms with Crippen molar-refractivity contribution in [2.45, 2.75) is 31.3 Å². The van der Waals surface area contributed by atoms with Crippen LogP contribution in [0, 0.1) is 5.82 Å². The molecule has 1 aromatic rings. The molecule has 5 heteroatoms. The molecule has 2 unspecified atom stereocenters. The zero-order chi connectivity index (χ0) is 13.4. The van der Waals surface area contributed by atoms with Gasteiger partial charge in [-0.25, -0.2) is 4.39 Å². The zero-order valence-electron chi connectivity index (χ0n) is 10.5. The lowest BCUT2D eigenvalue weighted by Gasteiger charge is -2.24. The Morgan fingerprint density at radius 2 is 2.11 bits per heavy atom. The molecule has 2 atom stereocenters. The van der Waals surface area contributed by atoms with Crippen molar-refractivity contribution in [1.29, 1.82) is 0 Å². The van der Waals surface area contributed by atoms with Crippen LogP contribution < -0.4 is 5.32 Å². The molecule has 0 spiro atoms. The fraction of sp³-hybridized carbons (Fsp3) is 0.500. The maximum atomic E-state index is 13.2. The molecular weight excluding hydrogens is 311 g/mol. The van der Waals surface area contributed by atoms with Gasteiger partial charge in [0.2, 0.25) is 0 Å². The van der Waals surface area contributed by atoms with Crippen LogP contribution in [0.3, 0.4) is 0 Å². The van der Waals surface area contributed by atoms with E-state index < -0.39 is 0 Å². The number of hydrogen-bond donors (Lipinski definition) is 1. The average molecular weight is 327 g/mol. The van der Waals surface area contributed by atoms with Gasteiger partial charge in [-0.15, -0.1) is 0 Å². The number of nitrogens with one attached hydrogen (secondary N) is 1. The van der Waals surface area contributed by atoms with Gasteiger partial charge in [0.1, 0.15) is 5.82 Å². The summed E-state index contributed by atoms with van der Waals surface area (Å²) in [6.45, 7) is 1.53. The molecule has 2 aliphatic rings. The molecule has 2 fully saturated rings. The number of hydrogen-bond acceptors (Lipinski definition) is 2. The Morgan fingerprint density at radius 1 is 1.32 bits per heavy atom. The van der Waals surface area contributed by atoms with Crippen LogP contribution in [0.1, 0.15) is 29.6 Å². The third kappa shape index (κ3) is 2.67. The van der Waals surface area contributed by atoms with Crippen LogP contribution in [0.2, 0.25) is 0 Å². The summed E-state index contributed by atoms with van der Waals surface area (Å²) in [6, 6.07) is 5.43. The van der Waals surface area contributed by atoms with Crippen molar-refractivity contribution in [3.63, 3.8) is 0 Å². The molecule has 2 saturated heterocycles. The lowest BCUT2D eigenvalue weighted by molar-refractivity contribution is 0.0748. The summed E-state index contributed by atoms with van der Waals surface area (Å²) in [6.07, 6.45) is 3.36. The minimum Gasteiger partial charge on any atom is -0.337 e. The van der Waals surface area contributed by atoms with Gasteiger partial charge in [0.05, 0.1) is 4.47 Å². The Bertz CT molecular complexity index is 508. The second kappa shape index (κ2) is 5.21. The van der Waals surface area contributed by atoms with Crippen molar-refractivity contribution in [1.82, 2.24) is 10.2 Å². The zero-order valence-corrected chi connectivity index (χ0v) is 12.1. The topological polar surface area (TPSA) is 32.3 Å². The molecule has 1 N–H and O–H groups in total. The predicted octanol–water partition coefficient (Wildman–Crippen LogP) is 2.55. The van der Waals surface area contributed by atoms with E-state index in [1.54, 1.807) is 12.1 Å². The van der Waals surface area contributed by atoms with Crippen molar-refractivity contribution in [2.75, 3.05) is 13.1 Å². The third-order valence-electron chi connectivity index (χ3n) is 3.98. The lowest BCUT2D eigenvalue weighted by atomic mass is 10.1. The van der Waals surface area contributed by atoms with Crippen molar-refractivity contribution in [2.24, 2.45) is 0 Å². The van der Waals surface area contributed by atoms with Gasteiger partial charge < -0.3 is 10.2 Å². The molecule has 3 nitrogen and oxygen atoms in total. The monoisotopic (exact) mass is 326 g/mol. The summed E-state index contributed by atoms with van der Waals surface area (Å²) < 4.78 is 13.6. The molecule has 19 heavy (non-hydrogen) atoms. The number of rotatable bonds is 1. The van der Waals surface area contributed by atoms with Crippen LogP contribution in [0.15, 0.2) is 22.7 Å². The Kier molecular flexibility index (Phi) is 3.58. The quantitative estimate of drug-likeness (QED) is 0.860. The van der Waals surface area contributed by atoms with Crippen molar-refractivity contribution in [3.8, 4) is 0 Å². The van der Waals surface area contributed by atoms with E-state index in [4.69, 9.17) is 0 Å². The number of likely N-dealkylation sites (tertiary alicyclic amines) is 1. The highest BCUT2D eigenvalue weighted by atomic mass is 79.9. The number of fused-ring (bicyclic) bond motifs is 2. The molecule has 2 heterocycles. The Labute approximate surface area is 120 Å². The van der Waals surface area contributed by atoms with Crippen LogP contribution >= 0.6 is 15.9 Å². The number of benzene rings is 1. The van der Waals surface area contributed by atoms with E-state index in [0.717, 1.165) is 25.9 Å². The Balaban J connectivity index is 1.77. The van der Waals surface area contributed by atoms with E-state index in [2.05, 4.69) is 21.2 Å². The summed E-state index contributed by atoms with van der Waals surface area (Å²) >= 11 is 3.13. The summed E-state index contributed by atoms with van der Waals surface area (Å²) in [5, 5.41) is 3.55. The van der Waals surface area contributed by atoms with Crippen molar-refractivity contribution < 1.29 is 9.18 Å². The molecular formula is C14H16BrFN2O. The highest BCUT2D eigenvalue weighted by Crippen LogP contribution is 2.23. The largest absolute Gasteiger partial charge is 0.337 e. The lowest BCUT2D eigenvalue weighted by Crippen LogP contribution is -2.39. The Morgan fingerprint density at radius 3 is 2.89 bits per heavy atom. The number of carbonyl (C=O) groups is 1. The van der Waals surface area contributed by atoms with Gasteiger partial charge in [0, 0.05) is 30.7 Å². The van der Waals surface area contributed by atoms with E-state index in [1.165, 1.54) is 12.5 Å². The maximum Gasteiger partial charge on any atom is 0.253 e. The van der Waals surface area contributed by atoms with Gasteiger partial charge in [-0.2, -0.15) is 0 Å². The van der Waals surface area contributed by atoms with Gasteiger partial charge in [-0.05, 0) is 53.4 Å². The smallest absolute Gasteiger partial charge is 0.253 e. The van der Waals surface area contributed by atoms with Gasteiger partial charge >= 0.3 is 0 Å². The SMILES string of the molecule is O=C(c1ccc(F)c(Br)c1)N1CCC2CCC(C1)N2. The highest BCUT2D eigenvalue weighted by Gasteiger charge is 2.31. The average Bonchev–Trinajstić information content (AvgIpc) is 2.72. The first-order valence-corrected chi connectivity index (χ1v) is 7.43. The van der Waals surface area contributed by atoms with E-state index in [-0.39, 0.29) is 11.7 Å². The Hall–Kier alpha value is -0.940. The van der Waals surface area contributed by atoms with E-state index in [1.807, 2.05) is 4.90 Å². The second-order valence-electron chi connectivity index (χ2n) is 5.31. The number of nitrogens with zero attached hydrogens (tertiary/aromatic N) is 1. The minimum atomic E-state index is -0.340. The summed E-state index contributed by atoms with van der Waals surface area (Å²) in [7, 11) is 0. The molecule has 0 saturated carbocycles. The summed E-state index contributed by atoms with van der Waals surface area (Å²) in [5.74, 6) is -0.344. The van der Waals surface area contributed by atoms with E-state index in [9.17, 15) is 9.18 Å². The summed E-state index contributed by atoms with van der Waals surface area (Å²) in [4.78, 5) is 14.3. The number of amides is 1. The van der Waals surface area contributed by atoms with Crippen LogP contribution in [0.25, 0.3) is 0 Å². The van der Waals surface area contributed by atoms with Gasteiger partial charge in [0.25, 0.3) is 5.91 Å². The molecule has 3 rings (SSSR count). The molecule has 0 radical (unpaired) electrons. The van der Waals surface area contributed by atoms with Crippen LogP contribution in [-0.4, -0.2) is 36.0 Å². The molecule has 102 valence electrons. The standard InChI is InChI=1S/C14H16BrFN2O/c15-12-7-9(1-4-13(12)16)14(19)18-6-5-10-2-3-11(8-18)17-10/h1,4,7,10-11,17H,2-3,5-6,8H2. The fourth-order valence-electron chi connectivity index (χ4n) is 2.94. The van der Waals surface area contributed by atoms with Gasteiger partial charge in [-0.1, -0.05) is 0 Å². The van der Waals surface area contributed by atoms with Crippen LogP contribution in [-0.2, 0) is 0 Å². The first-order chi connectivity index (χ1) is 9.13. The van der Waals surface area contributed by atoms with Crippen LogP contribution in [0.4, 0.5) is 4.39 Å². The molecule has 2 bridgehead atoms. The first kappa shape index (κ1) is 13.1. The molecule has 2 aliphatic heterocycles. The predicted molar refractivity (Wildman–Crippen MR) is 74.6 cm³/mol. The van der Waals surface area contributed by atoms with Crippen molar-refractivity contribution in [3.05, 3.63) is 34.1 Å². The summed E-state index contributed by atoms with van der Waals surface area (Å²) in [5.41, 5.74) is 0.547. The third-order valence-corrected chi connectivity index (χ3v) is 4.58. The molecule has 1 aromatic carbocycles. The van der Waals surface area contributed by atoms with Crippen LogP contribution in [0.5, 0.6) is 0 Å². The number of carbonyl (C=O) groups excluding carboxylic acids is 1. The van der Waals surface area contributed by atoms with Gasteiger partial charge in [-0.3, -0.25) is 4.79 Å². The van der Waals surface area contributed by atoms with E-state index >= 15 is 0 Å². The normalized spacial score (nSPS) is 26.3. The molecule has 1 amide bonds.